The zero-order chi connectivity index (χ0) is 21.5. The normalized spacial score (nSPS) is 10.5. The third kappa shape index (κ3) is 5.20. The van der Waals surface area contributed by atoms with Gasteiger partial charge in [-0.2, -0.15) is 0 Å². The minimum Gasteiger partial charge on any atom is -0.496 e. The van der Waals surface area contributed by atoms with Gasteiger partial charge in [-0.05, 0) is 59.3 Å². The van der Waals surface area contributed by atoms with Gasteiger partial charge in [0.25, 0.3) is 5.91 Å². The van der Waals surface area contributed by atoms with Gasteiger partial charge in [0.2, 0.25) is 0 Å². The fourth-order valence-corrected chi connectivity index (χ4v) is 3.90. The molecule has 0 fully saturated rings. The van der Waals surface area contributed by atoms with Gasteiger partial charge < -0.3 is 14.8 Å². The maximum Gasteiger partial charge on any atom is 0.253 e. The summed E-state index contributed by atoms with van der Waals surface area (Å²) in [6, 6.07) is 12.6. The summed E-state index contributed by atoms with van der Waals surface area (Å²) in [6.07, 6.45) is 1.73. The van der Waals surface area contributed by atoms with Crippen LogP contribution in [0.25, 0.3) is 11.1 Å². The Morgan fingerprint density at radius 3 is 2.67 bits per heavy atom. The van der Waals surface area contributed by atoms with E-state index < -0.39 is 0 Å². The van der Waals surface area contributed by atoms with Crippen molar-refractivity contribution in [2.45, 2.75) is 19.9 Å². The first-order valence-corrected chi connectivity index (χ1v) is 10.7. The lowest BCUT2D eigenvalue weighted by molar-refractivity contribution is 0.0950. The lowest BCUT2D eigenvalue weighted by atomic mass is 10.0. The molecule has 0 aliphatic carbocycles. The summed E-state index contributed by atoms with van der Waals surface area (Å²) in [5.74, 6) is 1.02. The first kappa shape index (κ1) is 21.9. The van der Waals surface area contributed by atoms with E-state index >= 15 is 0 Å². The third-order valence-electron chi connectivity index (χ3n) is 4.45. The van der Waals surface area contributed by atoms with Crippen LogP contribution in [0.15, 0.2) is 47.8 Å². The number of methoxy groups -OCH3 is 1. The number of carbonyl (C=O) groups is 2. The van der Waals surface area contributed by atoms with Crippen molar-refractivity contribution >= 4 is 35.1 Å². The highest BCUT2D eigenvalue weighted by Crippen LogP contribution is 2.30. The lowest BCUT2D eigenvalue weighted by Gasteiger charge is -2.13. The van der Waals surface area contributed by atoms with Crippen LogP contribution in [0, 0.1) is 0 Å². The van der Waals surface area contributed by atoms with Gasteiger partial charge >= 0.3 is 0 Å². The number of ether oxygens (including phenoxy) is 2. The van der Waals surface area contributed by atoms with E-state index in [9.17, 15) is 9.59 Å². The number of rotatable bonds is 9. The zero-order valence-corrected chi connectivity index (χ0v) is 18.3. The molecule has 156 valence electrons. The molecule has 0 atom stereocenters. The molecule has 0 radical (unpaired) electrons. The van der Waals surface area contributed by atoms with Gasteiger partial charge in [-0.15, -0.1) is 11.3 Å². The van der Waals surface area contributed by atoms with E-state index in [1.54, 1.807) is 25.3 Å². The molecule has 0 aliphatic heterocycles. The van der Waals surface area contributed by atoms with Crippen LogP contribution >= 0.6 is 22.9 Å². The fourth-order valence-electron chi connectivity index (χ4n) is 2.92. The van der Waals surface area contributed by atoms with E-state index in [4.69, 9.17) is 21.1 Å². The number of aldehydes is 1. The standard InChI is InChI=1S/C23H22ClNO4S/c1-3-8-29-18-5-6-20(21(24)11-18)23(27)25-12-16-9-15(4-7-22(16)28-2)17-10-19(13-26)30-14-17/h4-7,9-11,13-14H,3,8,12H2,1-2H3,(H,25,27). The maximum absolute atomic E-state index is 12.6. The van der Waals surface area contributed by atoms with Crippen molar-refractivity contribution in [3.8, 4) is 22.6 Å². The van der Waals surface area contributed by atoms with Crippen LogP contribution in [0.4, 0.5) is 0 Å². The summed E-state index contributed by atoms with van der Waals surface area (Å²) in [5.41, 5.74) is 3.09. The molecule has 1 N–H and O–H groups in total. The highest BCUT2D eigenvalue weighted by Gasteiger charge is 2.13. The molecule has 5 nitrogen and oxygen atoms in total. The molecule has 7 heteroatoms. The number of hydrogen-bond acceptors (Lipinski definition) is 5. The molecule has 0 spiro atoms. The number of amides is 1. The number of carbonyl (C=O) groups excluding carboxylic acids is 2. The average molecular weight is 444 g/mol. The largest absolute Gasteiger partial charge is 0.496 e. The summed E-state index contributed by atoms with van der Waals surface area (Å²) < 4.78 is 11.0. The molecule has 1 aromatic heterocycles. The second-order valence-corrected chi connectivity index (χ2v) is 7.91. The number of benzene rings is 2. The van der Waals surface area contributed by atoms with Crippen molar-refractivity contribution in [3.63, 3.8) is 0 Å². The Balaban J connectivity index is 1.75. The Kier molecular flexibility index (Phi) is 7.49. The van der Waals surface area contributed by atoms with Gasteiger partial charge in [0.05, 0.1) is 29.2 Å². The quantitative estimate of drug-likeness (QED) is 0.436. The lowest BCUT2D eigenvalue weighted by Crippen LogP contribution is -2.23. The molecular weight excluding hydrogens is 422 g/mol. The first-order chi connectivity index (χ1) is 14.5. The van der Waals surface area contributed by atoms with Crippen LogP contribution in [0.3, 0.4) is 0 Å². The molecule has 3 rings (SSSR count). The third-order valence-corrected chi connectivity index (χ3v) is 5.62. The highest BCUT2D eigenvalue weighted by molar-refractivity contribution is 7.12. The van der Waals surface area contributed by atoms with E-state index in [0.29, 0.717) is 33.6 Å². The summed E-state index contributed by atoms with van der Waals surface area (Å²) in [4.78, 5) is 24.3. The smallest absolute Gasteiger partial charge is 0.253 e. The summed E-state index contributed by atoms with van der Waals surface area (Å²) >= 11 is 7.66. The number of thiophene rings is 1. The second kappa shape index (κ2) is 10.3. The van der Waals surface area contributed by atoms with Gasteiger partial charge in [-0.25, -0.2) is 0 Å². The van der Waals surface area contributed by atoms with Crippen molar-refractivity contribution in [2.75, 3.05) is 13.7 Å². The molecule has 3 aromatic rings. The van der Waals surface area contributed by atoms with E-state index in [1.807, 2.05) is 36.6 Å². The molecule has 1 amide bonds. The van der Waals surface area contributed by atoms with Crippen LogP contribution in [-0.4, -0.2) is 25.9 Å². The van der Waals surface area contributed by atoms with Gasteiger partial charge in [0, 0.05) is 12.1 Å². The van der Waals surface area contributed by atoms with Gasteiger partial charge in [0.15, 0.2) is 6.29 Å². The molecule has 1 heterocycles. The SMILES string of the molecule is CCCOc1ccc(C(=O)NCc2cc(-c3csc(C=O)c3)ccc2OC)c(Cl)c1. The molecule has 2 aromatic carbocycles. The predicted octanol–water partition coefficient (Wildman–Crippen LogP) is 5.61. The van der Waals surface area contributed by atoms with E-state index in [0.717, 1.165) is 29.4 Å². The van der Waals surface area contributed by atoms with Crippen molar-refractivity contribution in [1.82, 2.24) is 5.32 Å². The van der Waals surface area contributed by atoms with Crippen LogP contribution in [0.5, 0.6) is 11.5 Å². The van der Waals surface area contributed by atoms with Crippen LogP contribution in [-0.2, 0) is 6.54 Å². The fraction of sp³-hybridized carbons (Fsp3) is 0.217. The van der Waals surface area contributed by atoms with Crippen molar-refractivity contribution in [2.24, 2.45) is 0 Å². The Morgan fingerprint density at radius 1 is 1.17 bits per heavy atom. The monoisotopic (exact) mass is 443 g/mol. The second-order valence-electron chi connectivity index (χ2n) is 6.56. The molecular formula is C23H22ClNO4S. The summed E-state index contributed by atoms with van der Waals surface area (Å²) in [7, 11) is 1.58. The maximum atomic E-state index is 12.6. The number of hydrogen-bond donors (Lipinski definition) is 1. The molecule has 0 bridgehead atoms. The Morgan fingerprint density at radius 2 is 2.00 bits per heavy atom. The van der Waals surface area contributed by atoms with E-state index in [-0.39, 0.29) is 12.5 Å². The van der Waals surface area contributed by atoms with Crippen molar-refractivity contribution in [1.29, 1.82) is 0 Å². The topological polar surface area (TPSA) is 64.6 Å². The van der Waals surface area contributed by atoms with Gasteiger partial charge in [-0.3, -0.25) is 9.59 Å². The predicted molar refractivity (Wildman–Crippen MR) is 120 cm³/mol. The van der Waals surface area contributed by atoms with Crippen molar-refractivity contribution in [3.05, 3.63) is 68.9 Å². The Labute approximate surface area is 184 Å². The van der Waals surface area contributed by atoms with Gasteiger partial charge in [-0.1, -0.05) is 24.6 Å². The average Bonchev–Trinajstić information content (AvgIpc) is 3.25. The zero-order valence-electron chi connectivity index (χ0n) is 16.7. The molecule has 0 aliphatic rings. The minimum atomic E-state index is -0.284. The summed E-state index contributed by atoms with van der Waals surface area (Å²) in [5, 5.41) is 5.15. The first-order valence-electron chi connectivity index (χ1n) is 9.47. The summed E-state index contributed by atoms with van der Waals surface area (Å²) in [6.45, 7) is 2.88. The Hall–Kier alpha value is -2.83. The van der Waals surface area contributed by atoms with Crippen molar-refractivity contribution < 1.29 is 19.1 Å². The van der Waals surface area contributed by atoms with E-state index in [1.165, 1.54) is 11.3 Å². The number of halogens is 1. The minimum absolute atomic E-state index is 0.269. The van der Waals surface area contributed by atoms with Crippen LogP contribution < -0.4 is 14.8 Å². The Bertz CT molecular complexity index is 1050. The molecule has 0 saturated carbocycles. The molecule has 0 saturated heterocycles. The van der Waals surface area contributed by atoms with Crippen LogP contribution in [0.2, 0.25) is 5.02 Å². The molecule has 30 heavy (non-hydrogen) atoms. The number of nitrogens with one attached hydrogen (secondary N) is 1. The van der Waals surface area contributed by atoms with Crippen LogP contribution in [0.1, 0.15) is 38.9 Å². The van der Waals surface area contributed by atoms with Gasteiger partial charge in [0.1, 0.15) is 11.5 Å². The highest BCUT2D eigenvalue weighted by atomic mass is 35.5. The molecule has 0 unspecified atom stereocenters. The van der Waals surface area contributed by atoms with E-state index in [2.05, 4.69) is 5.32 Å².